The number of nitrogens with one attached hydrogen (secondary N) is 1. The Morgan fingerprint density at radius 3 is 2.90 bits per heavy atom. The number of amides is 1. The number of ether oxygens (including phenoxy) is 2. The maximum atomic E-state index is 11.8. The fourth-order valence-corrected chi connectivity index (χ4v) is 3.08. The third kappa shape index (κ3) is 5.13. The van der Waals surface area contributed by atoms with E-state index in [4.69, 9.17) is 9.47 Å². The molecule has 1 fully saturated rings. The second-order valence-corrected chi connectivity index (χ2v) is 6.07. The van der Waals surface area contributed by atoms with Gasteiger partial charge in [0.15, 0.2) is 0 Å². The number of hydrogen-bond donors (Lipinski definition) is 1. The summed E-state index contributed by atoms with van der Waals surface area (Å²) < 4.78 is 10.7. The molecule has 21 heavy (non-hydrogen) atoms. The predicted octanol–water partition coefficient (Wildman–Crippen LogP) is 2.37. The molecule has 2 unspecified atom stereocenters. The van der Waals surface area contributed by atoms with E-state index in [1.165, 1.54) is 11.3 Å². The molecule has 0 saturated heterocycles. The van der Waals surface area contributed by atoms with E-state index in [2.05, 4.69) is 5.32 Å². The van der Waals surface area contributed by atoms with Crippen LogP contribution >= 0.6 is 11.3 Å². The molecule has 0 bridgehead atoms. The van der Waals surface area contributed by atoms with E-state index in [1.54, 1.807) is 13.2 Å². The lowest BCUT2D eigenvalue weighted by atomic mass is 9.95. The van der Waals surface area contributed by atoms with Crippen LogP contribution in [0.4, 0.5) is 0 Å². The van der Waals surface area contributed by atoms with Crippen LogP contribution < -0.4 is 5.32 Å². The Morgan fingerprint density at radius 2 is 2.19 bits per heavy atom. The van der Waals surface area contributed by atoms with Crippen LogP contribution in [-0.2, 0) is 14.3 Å². The molecule has 1 aliphatic carbocycles. The van der Waals surface area contributed by atoms with Crippen molar-refractivity contribution in [3.8, 4) is 0 Å². The molecule has 1 aromatic heterocycles. The highest BCUT2D eigenvalue weighted by molar-refractivity contribution is 7.12. The molecule has 116 valence electrons. The molecular formula is C15H21NO4S. The monoisotopic (exact) mass is 311 g/mol. The Labute approximate surface area is 128 Å². The Kier molecular flexibility index (Phi) is 6.20. The molecule has 1 saturated carbocycles. The number of hydrogen-bond acceptors (Lipinski definition) is 5. The van der Waals surface area contributed by atoms with Crippen LogP contribution in [0.1, 0.15) is 41.8 Å². The molecule has 0 radical (unpaired) electrons. The molecule has 1 aliphatic rings. The molecule has 2 atom stereocenters. The summed E-state index contributed by atoms with van der Waals surface area (Å²) in [7, 11) is 1.69. The first-order chi connectivity index (χ1) is 10.2. The molecule has 5 nitrogen and oxygen atoms in total. The number of methoxy groups -OCH3 is 1. The minimum atomic E-state index is -0.261. The van der Waals surface area contributed by atoms with Gasteiger partial charge >= 0.3 is 5.97 Å². The molecule has 1 heterocycles. The van der Waals surface area contributed by atoms with Gasteiger partial charge in [0.1, 0.15) is 6.10 Å². The van der Waals surface area contributed by atoms with Gasteiger partial charge in [-0.05, 0) is 30.7 Å². The summed E-state index contributed by atoms with van der Waals surface area (Å²) in [5, 5.41) is 4.56. The topological polar surface area (TPSA) is 64.6 Å². The van der Waals surface area contributed by atoms with Crippen LogP contribution in [0.2, 0.25) is 0 Å². The fourth-order valence-electron chi connectivity index (χ4n) is 2.44. The fraction of sp³-hybridized carbons (Fsp3) is 0.600. The second kappa shape index (κ2) is 8.14. The van der Waals surface area contributed by atoms with Gasteiger partial charge in [-0.3, -0.25) is 9.59 Å². The van der Waals surface area contributed by atoms with Crippen LogP contribution in [0.25, 0.3) is 0 Å². The summed E-state index contributed by atoms with van der Waals surface area (Å²) in [5.74, 6) is -0.404. The van der Waals surface area contributed by atoms with Gasteiger partial charge in [-0.15, -0.1) is 11.3 Å². The van der Waals surface area contributed by atoms with Gasteiger partial charge in [-0.25, -0.2) is 0 Å². The summed E-state index contributed by atoms with van der Waals surface area (Å²) >= 11 is 1.38. The van der Waals surface area contributed by atoms with Crippen LogP contribution in [0.5, 0.6) is 0 Å². The molecule has 2 rings (SSSR count). The Bertz CT molecular complexity index is 460. The summed E-state index contributed by atoms with van der Waals surface area (Å²) in [4.78, 5) is 24.1. The minimum absolute atomic E-state index is 0.0517. The number of carbonyl (C=O) groups is 2. The Balaban J connectivity index is 1.64. The lowest BCUT2D eigenvalue weighted by molar-refractivity contribution is -0.152. The van der Waals surface area contributed by atoms with E-state index in [1.807, 2.05) is 11.4 Å². The summed E-state index contributed by atoms with van der Waals surface area (Å²) in [6.45, 7) is 0.302. The molecule has 0 aromatic carbocycles. The highest BCUT2D eigenvalue weighted by Crippen LogP contribution is 2.23. The predicted molar refractivity (Wildman–Crippen MR) is 80.4 cm³/mol. The van der Waals surface area contributed by atoms with Gasteiger partial charge in [0.05, 0.1) is 17.4 Å². The van der Waals surface area contributed by atoms with E-state index in [-0.39, 0.29) is 30.5 Å². The maximum Gasteiger partial charge on any atom is 0.307 e. The van der Waals surface area contributed by atoms with E-state index in [9.17, 15) is 9.59 Å². The van der Waals surface area contributed by atoms with Crippen molar-refractivity contribution in [2.24, 2.45) is 0 Å². The van der Waals surface area contributed by atoms with Crippen molar-refractivity contribution in [2.45, 2.75) is 44.3 Å². The normalized spacial score (nSPS) is 21.8. The minimum Gasteiger partial charge on any atom is -0.462 e. The molecule has 1 aromatic rings. The first kappa shape index (κ1) is 16.0. The average molecular weight is 311 g/mol. The SMILES string of the molecule is COC1CCCC(OC(=O)CCNC(=O)c2cccs2)C1. The highest BCUT2D eigenvalue weighted by Gasteiger charge is 2.24. The van der Waals surface area contributed by atoms with Crippen LogP contribution in [0, 0.1) is 0 Å². The smallest absolute Gasteiger partial charge is 0.307 e. The summed E-state index contributed by atoms with van der Waals surface area (Å²) in [5.41, 5.74) is 0. The Morgan fingerprint density at radius 1 is 1.38 bits per heavy atom. The van der Waals surface area contributed by atoms with E-state index >= 15 is 0 Å². The maximum absolute atomic E-state index is 11.8. The number of esters is 1. The van der Waals surface area contributed by atoms with Crippen molar-refractivity contribution < 1.29 is 19.1 Å². The van der Waals surface area contributed by atoms with Gasteiger partial charge in [0, 0.05) is 20.1 Å². The average Bonchev–Trinajstić information content (AvgIpc) is 3.01. The zero-order chi connectivity index (χ0) is 15.1. The first-order valence-corrected chi connectivity index (χ1v) is 8.11. The van der Waals surface area contributed by atoms with Crippen LogP contribution in [-0.4, -0.2) is 37.7 Å². The third-order valence-corrected chi connectivity index (χ3v) is 4.44. The first-order valence-electron chi connectivity index (χ1n) is 7.23. The van der Waals surface area contributed by atoms with Crippen LogP contribution in [0.3, 0.4) is 0 Å². The van der Waals surface area contributed by atoms with Crippen molar-refractivity contribution in [2.75, 3.05) is 13.7 Å². The number of thiophene rings is 1. The molecule has 0 spiro atoms. The summed E-state index contributed by atoms with van der Waals surface area (Å²) in [6, 6.07) is 3.58. The number of rotatable bonds is 6. The van der Waals surface area contributed by atoms with Gasteiger partial charge in [-0.2, -0.15) is 0 Å². The standard InChI is InChI=1S/C15H21NO4S/c1-19-11-4-2-5-12(10-11)20-14(17)7-8-16-15(18)13-6-3-9-21-13/h3,6,9,11-12H,2,4-5,7-8,10H2,1H3,(H,16,18). The van der Waals surface area contributed by atoms with Crippen molar-refractivity contribution >= 4 is 23.2 Å². The van der Waals surface area contributed by atoms with E-state index < -0.39 is 0 Å². The quantitative estimate of drug-likeness (QED) is 0.819. The van der Waals surface area contributed by atoms with Crippen LogP contribution in [0.15, 0.2) is 17.5 Å². The molecule has 1 N–H and O–H groups in total. The molecule has 6 heteroatoms. The molecule has 0 aliphatic heterocycles. The zero-order valence-electron chi connectivity index (χ0n) is 12.2. The van der Waals surface area contributed by atoms with Gasteiger partial charge in [0.25, 0.3) is 5.91 Å². The van der Waals surface area contributed by atoms with Crippen molar-refractivity contribution in [3.63, 3.8) is 0 Å². The van der Waals surface area contributed by atoms with Gasteiger partial charge in [0.2, 0.25) is 0 Å². The number of carbonyl (C=O) groups excluding carboxylic acids is 2. The summed E-state index contributed by atoms with van der Waals surface area (Å²) in [6.07, 6.45) is 4.05. The molecule has 1 amide bonds. The van der Waals surface area contributed by atoms with Gasteiger partial charge in [-0.1, -0.05) is 6.07 Å². The lowest BCUT2D eigenvalue weighted by Crippen LogP contribution is -2.31. The van der Waals surface area contributed by atoms with E-state index in [0.717, 1.165) is 25.7 Å². The largest absolute Gasteiger partial charge is 0.462 e. The zero-order valence-corrected chi connectivity index (χ0v) is 13.0. The molecular weight excluding hydrogens is 290 g/mol. The lowest BCUT2D eigenvalue weighted by Gasteiger charge is -2.27. The second-order valence-electron chi connectivity index (χ2n) is 5.12. The van der Waals surface area contributed by atoms with Crippen molar-refractivity contribution in [3.05, 3.63) is 22.4 Å². The third-order valence-electron chi connectivity index (χ3n) is 3.57. The van der Waals surface area contributed by atoms with Gasteiger partial charge < -0.3 is 14.8 Å². The Hall–Kier alpha value is -1.40. The van der Waals surface area contributed by atoms with E-state index in [0.29, 0.717) is 11.4 Å². The highest BCUT2D eigenvalue weighted by atomic mass is 32.1. The van der Waals surface area contributed by atoms with Crippen molar-refractivity contribution in [1.82, 2.24) is 5.32 Å². The van der Waals surface area contributed by atoms with Crippen molar-refractivity contribution in [1.29, 1.82) is 0 Å².